The van der Waals surface area contributed by atoms with E-state index in [0.717, 1.165) is 17.1 Å². The smallest absolute Gasteiger partial charge is 0.138 e. The lowest BCUT2D eigenvalue weighted by molar-refractivity contribution is 0.208. The number of benzene rings is 1. The molecule has 0 saturated carbocycles. The molecule has 1 saturated heterocycles. The Balaban J connectivity index is 2.39. The second-order valence-electron chi connectivity index (χ2n) is 4.66. The van der Waals surface area contributed by atoms with E-state index in [9.17, 15) is 0 Å². The van der Waals surface area contributed by atoms with Gasteiger partial charge in [0.25, 0.3) is 0 Å². The maximum atomic E-state index is 6.25. The van der Waals surface area contributed by atoms with Crippen molar-refractivity contribution in [2.75, 3.05) is 13.7 Å². The van der Waals surface area contributed by atoms with Gasteiger partial charge in [-0.25, -0.2) is 0 Å². The largest absolute Gasteiger partial charge is 0.495 e. The predicted molar refractivity (Wildman–Crippen MR) is 67.8 cm³/mol. The monoisotopic (exact) mass is 259 g/mol. The number of rotatable bonds is 2. The van der Waals surface area contributed by atoms with Crippen LogP contribution in [0.1, 0.15) is 25.3 Å². The Morgan fingerprint density at radius 1 is 1.31 bits per heavy atom. The molecule has 1 aromatic carbocycles. The molecule has 1 aliphatic rings. The second-order valence-corrected chi connectivity index (χ2v) is 5.48. The van der Waals surface area contributed by atoms with Crippen LogP contribution in [0.3, 0.4) is 0 Å². The maximum absolute atomic E-state index is 6.25. The first-order valence-electron chi connectivity index (χ1n) is 5.23. The van der Waals surface area contributed by atoms with Crippen molar-refractivity contribution in [2.45, 2.75) is 25.3 Å². The van der Waals surface area contributed by atoms with E-state index in [4.69, 9.17) is 27.9 Å². The number of halogens is 2. The van der Waals surface area contributed by atoms with Crippen molar-refractivity contribution >= 4 is 23.2 Å². The summed E-state index contributed by atoms with van der Waals surface area (Å²) in [6.45, 7) is 5.26. The van der Waals surface area contributed by atoms with Gasteiger partial charge in [0.1, 0.15) is 5.75 Å². The maximum Gasteiger partial charge on any atom is 0.138 e. The third kappa shape index (κ3) is 1.90. The molecule has 16 heavy (non-hydrogen) atoms. The van der Waals surface area contributed by atoms with E-state index in [1.807, 2.05) is 6.07 Å². The highest BCUT2D eigenvalue weighted by atomic mass is 35.5. The molecule has 0 radical (unpaired) electrons. The van der Waals surface area contributed by atoms with Crippen molar-refractivity contribution in [3.63, 3.8) is 0 Å². The minimum Gasteiger partial charge on any atom is -0.495 e. The summed E-state index contributed by atoms with van der Waals surface area (Å²) in [7, 11) is 1.59. The van der Waals surface area contributed by atoms with Crippen molar-refractivity contribution < 1.29 is 4.74 Å². The average Bonchev–Trinajstić information content (AvgIpc) is 2.21. The van der Waals surface area contributed by atoms with Gasteiger partial charge >= 0.3 is 0 Å². The molecule has 1 fully saturated rings. The summed E-state index contributed by atoms with van der Waals surface area (Å²) in [5.41, 5.74) is 1.18. The molecule has 1 atom stereocenters. The summed E-state index contributed by atoms with van der Waals surface area (Å²) >= 11 is 12.4. The van der Waals surface area contributed by atoms with Crippen molar-refractivity contribution in [1.82, 2.24) is 5.32 Å². The van der Waals surface area contributed by atoms with E-state index in [1.165, 1.54) is 0 Å². The highest BCUT2D eigenvalue weighted by Gasteiger charge is 2.40. The van der Waals surface area contributed by atoms with Crippen molar-refractivity contribution in [2.24, 2.45) is 0 Å². The van der Waals surface area contributed by atoms with Gasteiger partial charge in [0.05, 0.1) is 12.1 Å². The molecule has 0 aromatic heterocycles. The number of methoxy groups -OCH3 is 1. The lowest BCUT2D eigenvalue weighted by Crippen LogP contribution is -2.59. The standard InChI is InChI=1S/C12H15Cl2NO/c1-12(2)8(6-15-12)7-4-10(14)11(16-3)5-9(7)13/h4-5,8,15H,6H2,1-3H3. The highest BCUT2D eigenvalue weighted by molar-refractivity contribution is 6.34. The van der Waals surface area contributed by atoms with Gasteiger partial charge in [-0.2, -0.15) is 0 Å². The van der Waals surface area contributed by atoms with E-state index in [0.29, 0.717) is 16.7 Å². The van der Waals surface area contributed by atoms with Gasteiger partial charge < -0.3 is 10.1 Å². The zero-order valence-corrected chi connectivity index (χ0v) is 11.1. The molecule has 0 spiro atoms. The van der Waals surface area contributed by atoms with E-state index >= 15 is 0 Å². The summed E-state index contributed by atoms with van der Waals surface area (Å²) in [6, 6.07) is 3.70. The highest BCUT2D eigenvalue weighted by Crippen LogP contribution is 2.41. The Bertz CT molecular complexity index is 418. The van der Waals surface area contributed by atoms with Crippen molar-refractivity contribution in [3.8, 4) is 5.75 Å². The molecular formula is C12H15Cl2NO. The van der Waals surface area contributed by atoms with Crippen LogP contribution in [0.4, 0.5) is 0 Å². The Kier molecular flexibility index (Phi) is 3.08. The molecule has 0 bridgehead atoms. The first kappa shape index (κ1) is 12.0. The van der Waals surface area contributed by atoms with E-state index in [-0.39, 0.29) is 5.54 Å². The average molecular weight is 260 g/mol. The molecule has 2 nitrogen and oxygen atoms in total. The number of nitrogens with one attached hydrogen (secondary N) is 1. The lowest BCUT2D eigenvalue weighted by atomic mass is 9.75. The first-order chi connectivity index (χ1) is 7.45. The van der Waals surface area contributed by atoms with Crippen LogP contribution in [0.2, 0.25) is 10.0 Å². The number of ether oxygens (including phenoxy) is 1. The van der Waals surface area contributed by atoms with E-state index in [2.05, 4.69) is 19.2 Å². The van der Waals surface area contributed by atoms with E-state index in [1.54, 1.807) is 13.2 Å². The van der Waals surface area contributed by atoms with Crippen LogP contribution >= 0.6 is 23.2 Å². The summed E-state index contributed by atoms with van der Waals surface area (Å²) in [5, 5.41) is 4.71. The molecule has 2 rings (SSSR count). The summed E-state index contributed by atoms with van der Waals surface area (Å²) < 4.78 is 5.13. The Labute approximate surface area is 106 Å². The van der Waals surface area contributed by atoms with Crippen LogP contribution in [0, 0.1) is 0 Å². The molecule has 1 aliphatic heterocycles. The molecular weight excluding hydrogens is 245 g/mol. The van der Waals surface area contributed by atoms with Crippen LogP contribution in [-0.2, 0) is 0 Å². The van der Waals surface area contributed by atoms with Crippen LogP contribution in [0.15, 0.2) is 12.1 Å². The molecule has 0 aliphatic carbocycles. The lowest BCUT2D eigenvalue weighted by Gasteiger charge is -2.46. The fraction of sp³-hybridized carbons (Fsp3) is 0.500. The summed E-state index contributed by atoms with van der Waals surface area (Å²) in [5.74, 6) is 1.03. The van der Waals surface area contributed by atoms with Crippen LogP contribution in [-0.4, -0.2) is 19.2 Å². The minimum absolute atomic E-state index is 0.0849. The zero-order chi connectivity index (χ0) is 11.9. The zero-order valence-electron chi connectivity index (χ0n) is 9.60. The molecule has 1 heterocycles. The number of hydrogen-bond donors (Lipinski definition) is 1. The van der Waals surface area contributed by atoms with Gasteiger partial charge in [-0.1, -0.05) is 23.2 Å². The fourth-order valence-corrected chi connectivity index (χ4v) is 2.61. The summed E-state index contributed by atoms with van der Waals surface area (Å²) in [6.07, 6.45) is 0. The van der Waals surface area contributed by atoms with Gasteiger partial charge in [-0.15, -0.1) is 0 Å². The molecule has 1 aromatic rings. The molecule has 1 unspecified atom stereocenters. The second kappa shape index (κ2) is 4.10. The van der Waals surface area contributed by atoms with Crippen LogP contribution in [0.5, 0.6) is 5.75 Å². The van der Waals surface area contributed by atoms with Gasteiger partial charge in [0, 0.05) is 29.1 Å². The number of hydrogen-bond acceptors (Lipinski definition) is 2. The Morgan fingerprint density at radius 3 is 2.44 bits per heavy atom. The molecule has 88 valence electrons. The van der Waals surface area contributed by atoms with Gasteiger partial charge in [-0.3, -0.25) is 0 Å². The first-order valence-corrected chi connectivity index (χ1v) is 5.99. The molecule has 4 heteroatoms. The third-order valence-corrected chi connectivity index (χ3v) is 3.90. The fourth-order valence-electron chi connectivity index (χ4n) is 2.08. The molecule has 1 N–H and O–H groups in total. The third-order valence-electron chi connectivity index (χ3n) is 3.28. The van der Waals surface area contributed by atoms with Crippen molar-refractivity contribution in [1.29, 1.82) is 0 Å². The van der Waals surface area contributed by atoms with Crippen LogP contribution in [0.25, 0.3) is 0 Å². The predicted octanol–water partition coefficient (Wildman–Crippen LogP) is 3.47. The normalized spacial score (nSPS) is 22.7. The topological polar surface area (TPSA) is 21.3 Å². The Hall–Kier alpha value is -0.440. The van der Waals surface area contributed by atoms with Gasteiger partial charge in [0.2, 0.25) is 0 Å². The van der Waals surface area contributed by atoms with E-state index < -0.39 is 0 Å². The van der Waals surface area contributed by atoms with Gasteiger partial charge in [0.15, 0.2) is 0 Å². The molecule has 0 amide bonds. The SMILES string of the molecule is COc1cc(Cl)c(C2CNC2(C)C)cc1Cl. The quantitative estimate of drug-likeness (QED) is 0.879. The van der Waals surface area contributed by atoms with Gasteiger partial charge in [-0.05, 0) is 25.5 Å². The summed E-state index contributed by atoms with van der Waals surface area (Å²) in [4.78, 5) is 0. The Morgan fingerprint density at radius 2 is 2.00 bits per heavy atom. The van der Waals surface area contributed by atoms with Crippen LogP contribution < -0.4 is 10.1 Å². The minimum atomic E-state index is 0.0849. The van der Waals surface area contributed by atoms with Crippen molar-refractivity contribution in [3.05, 3.63) is 27.7 Å².